The molecule has 0 unspecified atom stereocenters. The van der Waals surface area contributed by atoms with Crippen LogP contribution in [0.15, 0.2) is 97.1 Å². The molecule has 7 nitrogen and oxygen atoms in total. The van der Waals surface area contributed by atoms with E-state index in [1.165, 1.54) is 12.1 Å². The first-order valence-corrected chi connectivity index (χ1v) is 13.3. The van der Waals surface area contributed by atoms with Gasteiger partial charge in [0.25, 0.3) is 5.91 Å². The third-order valence-electron chi connectivity index (χ3n) is 7.12. The Morgan fingerprint density at radius 3 is 2.29 bits per heavy atom. The molecule has 0 aromatic heterocycles. The highest BCUT2D eigenvalue weighted by atomic mass is 19.1. The Labute approximate surface area is 237 Å². The van der Waals surface area contributed by atoms with Gasteiger partial charge in [-0.25, -0.2) is 9.18 Å². The molecule has 5 rings (SSSR count). The Kier molecular flexibility index (Phi) is 8.10. The number of esters is 1. The highest BCUT2D eigenvalue weighted by molar-refractivity contribution is 6.07. The summed E-state index contributed by atoms with van der Waals surface area (Å²) in [7, 11) is 1.56. The number of hydrogen-bond acceptors (Lipinski definition) is 5. The Morgan fingerprint density at radius 1 is 0.902 bits per heavy atom. The van der Waals surface area contributed by atoms with Crippen LogP contribution >= 0.6 is 0 Å². The highest BCUT2D eigenvalue weighted by Gasteiger charge is 2.44. The Hall–Kier alpha value is -4.98. The van der Waals surface area contributed by atoms with E-state index in [1.807, 2.05) is 12.1 Å². The van der Waals surface area contributed by atoms with E-state index in [1.54, 1.807) is 91.7 Å². The van der Waals surface area contributed by atoms with Crippen molar-refractivity contribution in [1.29, 1.82) is 0 Å². The minimum absolute atomic E-state index is 0.146. The second-order valence-electron chi connectivity index (χ2n) is 9.60. The van der Waals surface area contributed by atoms with Crippen LogP contribution < -0.4 is 10.1 Å². The summed E-state index contributed by atoms with van der Waals surface area (Å²) in [5.74, 6) is -1.78. The van der Waals surface area contributed by atoms with Crippen molar-refractivity contribution in [3.63, 3.8) is 0 Å². The number of carbonyl (C=O) groups excluding carboxylic acids is 3. The molecule has 1 N–H and O–H groups in total. The molecule has 4 aromatic rings. The third-order valence-corrected chi connectivity index (χ3v) is 7.12. The average Bonchev–Trinajstić information content (AvgIpc) is 3.00. The van der Waals surface area contributed by atoms with Crippen LogP contribution in [-0.4, -0.2) is 36.4 Å². The second-order valence-corrected chi connectivity index (χ2v) is 9.60. The fourth-order valence-corrected chi connectivity index (χ4v) is 5.20. The van der Waals surface area contributed by atoms with Crippen molar-refractivity contribution in [2.45, 2.75) is 25.4 Å². The Morgan fingerprint density at radius 2 is 1.59 bits per heavy atom. The summed E-state index contributed by atoms with van der Waals surface area (Å²) in [6.45, 7) is 2.05. The zero-order chi connectivity index (χ0) is 28.9. The van der Waals surface area contributed by atoms with Crippen molar-refractivity contribution < 1.29 is 28.2 Å². The molecule has 0 aliphatic carbocycles. The molecule has 4 aromatic carbocycles. The minimum atomic E-state index is -0.840. The van der Waals surface area contributed by atoms with Crippen molar-refractivity contribution in [2.24, 2.45) is 0 Å². The number of nitrogens with one attached hydrogen (secondary N) is 1. The minimum Gasteiger partial charge on any atom is -0.497 e. The molecule has 8 heteroatoms. The van der Waals surface area contributed by atoms with Gasteiger partial charge in [-0.05, 0) is 66.1 Å². The Balaban J connectivity index is 1.62. The van der Waals surface area contributed by atoms with Crippen LogP contribution in [0.4, 0.5) is 10.1 Å². The summed E-state index contributed by atoms with van der Waals surface area (Å²) in [4.78, 5) is 42.5. The number of anilines is 1. The molecule has 2 atom stereocenters. The molecule has 1 aliphatic rings. The first-order valence-electron chi connectivity index (χ1n) is 13.3. The quantitative estimate of drug-likeness (QED) is 0.266. The first-order chi connectivity index (χ1) is 19.9. The molecule has 1 heterocycles. The number of fused-ring (bicyclic) bond motifs is 1. The van der Waals surface area contributed by atoms with Gasteiger partial charge in [0, 0.05) is 12.1 Å². The molecule has 208 valence electrons. The van der Waals surface area contributed by atoms with Crippen molar-refractivity contribution in [3.05, 3.63) is 131 Å². The summed E-state index contributed by atoms with van der Waals surface area (Å²) in [6.07, 6.45) is 0. The van der Waals surface area contributed by atoms with E-state index in [9.17, 15) is 18.8 Å². The van der Waals surface area contributed by atoms with Crippen molar-refractivity contribution in [3.8, 4) is 5.75 Å². The number of carbonyl (C=O) groups is 3. The molecule has 1 aliphatic heterocycles. The van der Waals surface area contributed by atoms with Gasteiger partial charge in [-0.15, -0.1) is 0 Å². The molecule has 0 bridgehead atoms. The third kappa shape index (κ3) is 5.68. The largest absolute Gasteiger partial charge is 0.497 e. The van der Waals surface area contributed by atoms with Gasteiger partial charge < -0.3 is 19.7 Å². The molecule has 0 spiro atoms. The lowest BCUT2D eigenvalue weighted by atomic mass is 9.79. The summed E-state index contributed by atoms with van der Waals surface area (Å²) in [5.41, 5.74) is 2.94. The monoisotopic (exact) mass is 552 g/mol. The molecule has 0 fully saturated rings. The van der Waals surface area contributed by atoms with Crippen LogP contribution in [0.1, 0.15) is 56.3 Å². The smallest absolute Gasteiger partial charge is 0.340 e. The average molecular weight is 553 g/mol. The van der Waals surface area contributed by atoms with Gasteiger partial charge in [0.1, 0.15) is 11.6 Å². The lowest BCUT2D eigenvalue weighted by Gasteiger charge is -2.42. The number of benzene rings is 4. The van der Waals surface area contributed by atoms with Crippen LogP contribution in [0.2, 0.25) is 0 Å². The lowest BCUT2D eigenvalue weighted by molar-refractivity contribution is -0.119. The SMILES string of the molecule is CCOC(=O)c1ccccc1NC(=O)[C@@H]1c2ccccc2C(=O)N(Cc2ccc(F)cc2)[C@H]1c1ccc(OC)cc1. The molecule has 2 amide bonds. The van der Waals surface area contributed by atoms with Crippen molar-refractivity contribution in [1.82, 2.24) is 4.90 Å². The molecular formula is C33H29FN2O5. The van der Waals surface area contributed by atoms with Crippen LogP contribution in [0, 0.1) is 5.82 Å². The molecule has 0 radical (unpaired) electrons. The standard InChI is InChI=1S/C33H29FN2O5/c1-3-41-33(39)27-10-6-7-11-28(27)35-31(37)29-25-8-4-5-9-26(25)32(38)36(20-21-12-16-23(34)17-13-21)30(29)22-14-18-24(40-2)19-15-22/h4-19,29-30H,3,20H2,1-2H3,(H,35,37)/t29-,30+/m1/s1. The number of hydrogen-bond donors (Lipinski definition) is 1. The maximum Gasteiger partial charge on any atom is 0.340 e. The number of nitrogens with zero attached hydrogens (tertiary/aromatic N) is 1. The predicted octanol–water partition coefficient (Wildman–Crippen LogP) is 6.13. The molecule has 41 heavy (non-hydrogen) atoms. The van der Waals surface area contributed by atoms with E-state index in [0.29, 0.717) is 28.1 Å². The zero-order valence-corrected chi connectivity index (χ0v) is 22.7. The van der Waals surface area contributed by atoms with Gasteiger partial charge in [-0.3, -0.25) is 9.59 Å². The topological polar surface area (TPSA) is 84.9 Å². The van der Waals surface area contributed by atoms with Crippen LogP contribution in [-0.2, 0) is 16.1 Å². The summed E-state index contributed by atoms with van der Waals surface area (Å²) in [6, 6.07) is 26.1. The van der Waals surface area contributed by atoms with Gasteiger partial charge in [0.05, 0.1) is 36.9 Å². The molecular weight excluding hydrogens is 523 g/mol. The summed E-state index contributed by atoms with van der Waals surface area (Å²) in [5, 5.41) is 2.94. The van der Waals surface area contributed by atoms with E-state index in [-0.39, 0.29) is 30.4 Å². The summed E-state index contributed by atoms with van der Waals surface area (Å²) >= 11 is 0. The van der Waals surface area contributed by atoms with Gasteiger partial charge in [0.2, 0.25) is 5.91 Å². The van der Waals surface area contributed by atoms with Crippen molar-refractivity contribution in [2.75, 3.05) is 19.0 Å². The van der Waals surface area contributed by atoms with Gasteiger partial charge >= 0.3 is 5.97 Å². The van der Waals surface area contributed by atoms with E-state index in [4.69, 9.17) is 9.47 Å². The maximum atomic E-state index is 14.2. The van der Waals surface area contributed by atoms with Crippen LogP contribution in [0.5, 0.6) is 5.75 Å². The van der Waals surface area contributed by atoms with Crippen LogP contribution in [0.3, 0.4) is 0 Å². The van der Waals surface area contributed by atoms with Gasteiger partial charge in [-0.2, -0.15) is 0 Å². The molecule has 0 saturated carbocycles. The fourth-order valence-electron chi connectivity index (χ4n) is 5.20. The number of amides is 2. The van der Waals surface area contributed by atoms with Gasteiger partial charge in [-0.1, -0.05) is 54.6 Å². The van der Waals surface area contributed by atoms with E-state index in [2.05, 4.69) is 5.32 Å². The zero-order valence-electron chi connectivity index (χ0n) is 22.7. The fraction of sp³-hybridized carbons (Fsp3) is 0.182. The van der Waals surface area contributed by atoms with E-state index >= 15 is 0 Å². The van der Waals surface area contributed by atoms with Gasteiger partial charge in [0.15, 0.2) is 0 Å². The number of rotatable bonds is 8. The lowest BCUT2D eigenvalue weighted by Crippen LogP contribution is -2.45. The van der Waals surface area contributed by atoms with E-state index < -0.39 is 23.8 Å². The van der Waals surface area contributed by atoms with Crippen molar-refractivity contribution >= 4 is 23.5 Å². The number of para-hydroxylation sites is 1. The first kappa shape index (κ1) is 27.6. The number of ether oxygens (including phenoxy) is 2. The molecule has 0 saturated heterocycles. The predicted molar refractivity (Wildman–Crippen MR) is 152 cm³/mol. The number of methoxy groups -OCH3 is 1. The second kappa shape index (κ2) is 12.0. The normalized spacial score (nSPS) is 16.1. The van der Waals surface area contributed by atoms with E-state index in [0.717, 1.165) is 5.56 Å². The van der Waals surface area contributed by atoms with Crippen LogP contribution in [0.25, 0.3) is 0 Å². The maximum absolute atomic E-state index is 14.2. The number of halogens is 1. The highest BCUT2D eigenvalue weighted by Crippen LogP contribution is 2.44. The Bertz CT molecular complexity index is 1570. The summed E-state index contributed by atoms with van der Waals surface area (Å²) < 4.78 is 24.2.